The molecular formula is C10H19F5O2. The lowest BCUT2D eigenvalue weighted by Gasteiger charge is -2.29. The van der Waals surface area contributed by atoms with Gasteiger partial charge in [0.2, 0.25) is 0 Å². The summed E-state index contributed by atoms with van der Waals surface area (Å²) < 4.78 is 56.6. The molecule has 0 saturated heterocycles. The van der Waals surface area contributed by atoms with Crippen molar-refractivity contribution in [2.75, 3.05) is 21.1 Å². The van der Waals surface area contributed by atoms with E-state index in [1.165, 1.54) is 7.11 Å². The molecule has 0 spiro atoms. The average molecular weight is 266 g/mol. The van der Waals surface area contributed by atoms with Crippen molar-refractivity contribution in [1.82, 2.24) is 0 Å². The molecule has 106 valence electrons. The molecule has 0 aromatic carbocycles. The molecule has 17 heavy (non-hydrogen) atoms. The number of hydrogen-bond acceptors (Lipinski definition) is 2. The van der Waals surface area contributed by atoms with Crippen LogP contribution in [0.1, 0.15) is 25.7 Å². The molecule has 0 amide bonds. The van der Waals surface area contributed by atoms with Crippen LogP contribution in [-0.2, 0) is 9.47 Å². The van der Waals surface area contributed by atoms with Gasteiger partial charge in [0.1, 0.15) is 6.17 Å². The Morgan fingerprint density at radius 1 is 1.12 bits per heavy atom. The monoisotopic (exact) mass is 266 g/mol. The molecule has 1 saturated carbocycles. The van der Waals surface area contributed by atoms with Crippen molar-refractivity contribution in [3.8, 4) is 0 Å². The Hall–Kier alpha value is -0.430. The van der Waals surface area contributed by atoms with E-state index in [1.807, 2.05) is 0 Å². The fourth-order valence-corrected chi connectivity index (χ4v) is 1.56. The third-order valence-electron chi connectivity index (χ3n) is 2.51. The van der Waals surface area contributed by atoms with Crippen LogP contribution in [0, 0.1) is 5.92 Å². The highest BCUT2D eigenvalue weighted by Gasteiger charge is 2.41. The lowest BCUT2D eigenvalue weighted by molar-refractivity contribution is -0.262. The highest BCUT2D eigenvalue weighted by Crippen LogP contribution is 2.37. The van der Waals surface area contributed by atoms with Crippen LogP contribution in [0.5, 0.6) is 0 Å². The molecule has 0 unspecified atom stereocenters. The van der Waals surface area contributed by atoms with Crippen molar-refractivity contribution in [2.45, 2.75) is 38.0 Å². The third-order valence-corrected chi connectivity index (χ3v) is 2.51. The second-order valence-corrected chi connectivity index (χ2v) is 3.61. The highest BCUT2D eigenvalue weighted by molar-refractivity contribution is 4.77. The van der Waals surface area contributed by atoms with E-state index in [1.54, 1.807) is 0 Å². The topological polar surface area (TPSA) is 18.5 Å². The van der Waals surface area contributed by atoms with Crippen LogP contribution in [0.4, 0.5) is 22.3 Å². The average Bonchev–Trinajstić information content (AvgIpc) is 2.30. The van der Waals surface area contributed by atoms with Gasteiger partial charge in [0.25, 0.3) is 0 Å². The summed E-state index contributed by atoms with van der Waals surface area (Å²) in [6.07, 6.45) is -3.04. The van der Waals surface area contributed by atoms with Crippen molar-refractivity contribution < 1.29 is 31.7 Å². The van der Waals surface area contributed by atoms with Gasteiger partial charge in [0.05, 0.1) is 5.92 Å². The van der Waals surface area contributed by atoms with Crippen molar-refractivity contribution in [3.63, 3.8) is 0 Å². The van der Waals surface area contributed by atoms with Gasteiger partial charge >= 0.3 is 6.11 Å². The number of halogens is 5. The SMILES string of the molecule is COC(F)(F)C1CCC(F)CC1.COCF.F. The largest absolute Gasteiger partial charge is 0.358 e. The molecule has 1 aliphatic rings. The second-order valence-electron chi connectivity index (χ2n) is 3.61. The molecule has 0 bridgehead atoms. The molecule has 1 aliphatic carbocycles. The van der Waals surface area contributed by atoms with Crippen molar-refractivity contribution in [3.05, 3.63) is 0 Å². The highest BCUT2D eigenvalue weighted by atomic mass is 19.3. The Balaban J connectivity index is 0. The fourth-order valence-electron chi connectivity index (χ4n) is 1.56. The maximum Gasteiger partial charge on any atom is 0.358 e. The zero-order chi connectivity index (χ0) is 12.6. The van der Waals surface area contributed by atoms with E-state index in [4.69, 9.17) is 0 Å². The Bertz CT molecular complexity index is 170. The zero-order valence-electron chi connectivity index (χ0n) is 9.93. The first-order valence-corrected chi connectivity index (χ1v) is 5.09. The van der Waals surface area contributed by atoms with Crippen LogP contribution >= 0.6 is 0 Å². The molecular weight excluding hydrogens is 247 g/mol. The summed E-state index contributed by atoms with van der Waals surface area (Å²) in [5.41, 5.74) is 0. The van der Waals surface area contributed by atoms with Gasteiger partial charge in [0, 0.05) is 14.2 Å². The van der Waals surface area contributed by atoms with E-state index in [9.17, 15) is 17.6 Å². The van der Waals surface area contributed by atoms with E-state index in [-0.39, 0.29) is 30.4 Å². The fraction of sp³-hybridized carbons (Fsp3) is 1.00. The minimum atomic E-state index is -3.07. The van der Waals surface area contributed by atoms with Crippen LogP contribution < -0.4 is 0 Å². The quantitative estimate of drug-likeness (QED) is 0.728. The summed E-state index contributed by atoms with van der Waals surface area (Å²) in [5.74, 6) is -0.797. The van der Waals surface area contributed by atoms with Crippen LogP contribution in [0.2, 0.25) is 0 Å². The summed E-state index contributed by atoms with van der Waals surface area (Å²) in [6, 6.07) is 0. The number of methoxy groups -OCH3 is 2. The Morgan fingerprint density at radius 2 is 1.53 bits per heavy atom. The van der Waals surface area contributed by atoms with Crippen molar-refractivity contribution >= 4 is 0 Å². The molecule has 1 rings (SSSR count). The van der Waals surface area contributed by atoms with Crippen LogP contribution in [0.3, 0.4) is 0 Å². The molecule has 7 heteroatoms. The lowest BCUT2D eigenvalue weighted by atomic mass is 9.87. The molecule has 0 heterocycles. The predicted octanol–water partition coefficient (Wildman–Crippen LogP) is 3.47. The van der Waals surface area contributed by atoms with Crippen LogP contribution in [0.15, 0.2) is 0 Å². The minimum absolute atomic E-state index is 0. The summed E-state index contributed by atoms with van der Waals surface area (Å²) in [4.78, 5) is 0. The van der Waals surface area contributed by atoms with E-state index < -0.39 is 25.1 Å². The normalized spacial score (nSPS) is 24.4. The van der Waals surface area contributed by atoms with Gasteiger partial charge in [-0.3, -0.25) is 4.70 Å². The Kier molecular flexibility index (Phi) is 10.7. The molecule has 0 aliphatic heterocycles. The summed E-state index contributed by atoms with van der Waals surface area (Å²) in [7, 11) is 2.29. The first-order valence-electron chi connectivity index (χ1n) is 5.09. The Labute approximate surface area is 97.6 Å². The Morgan fingerprint density at radius 3 is 1.82 bits per heavy atom. The summed E-state index contributed by atoms with van der Waals surface area (Å²) >= 11 is 0. The number of ether oxygens (including phenoxy) is 2. The van der Waals surface area contributed by atoms with Gasteiger partial charge in [-0.2, -0.15) is 8.78 Å². The first kappa shape index (κ1) is 18.9. The molecule has 1 fully saturated rings. The smallest absolute Gasteiger partial charge is 0.354 e. The molecule has 0 aromatic rings. The summed E-state index contributed by atoms with van der Waals surface area (Å²) in [5, 5.41) is 0. The third kappa shape index (κ3) is 7.49. The van der Waals surface area contributed by atoms with Gasteiger partial charge in [0.15, 0.2) is 6.86 Å². The van der Waals surface area contributed by atoms with E-state index in [0.29, 0.717) is 0 Å². The predicted molar refractivity (Wildman–Crippen MR) is 54.3 cm³/mol. The number of rotatable bonds is 3. The molecule has 0 N–H and O–H groups in total. The lowest BCUT2D eigenvalue weighted by Crippen LogP contribution is -2.33. The van der Waals surface area contributed by atoms with E-state index in [0.717, 1.165) is 7.11 Å². The van der Waals surface area contributed by atoms with Gasteiger partial charge in [-0.1, -0.05) is 0 Å². The number of hydrogen-bond donors (Lipinski definition) is 0. The first-order chi connectivity index (χ1) is 7.47. The molecule has 0 atom stereocenters. The van der Waals surface area contributed by atoms with Gasteiger partial charge < -0.3 is 9.47 Å². The second kappa shape index (κ2) is 9.58. The van der Waals surface area contributed by atoms with E-state index in [2.05, 4.69) is 9.47 Å². The maximum absolute atomic E-state index is 12.8. The van der Waals surface area contributed by atoms with E-state index >= 15 is 0 Å². The van der Waals surface area contributed by atoms with Crippen LogP contribution in [-0.4, -0.2) is 33.4 Å². The minimum Gasteiger partial charge on any atom is -0.354 e. The van der Waals surface area contributed by atoms with Crippen molar-refractivity contribution in [2.24, 2.45) is 5.92 Å². The standard InChI is InChI=1S/C8H13F3O.C2H5FO.FH/c1-12-8(10,11)6-2-4-7(9)5-3-6;1-4-2-3;/h6-7H,2-5H2,1H3;2H2,1H3;1H. The zero-order valence-corrected chi connectivity index (χ0v) is 9.93. The van der Waals surface area contributed by atoms with Gasteiger partial charge in [-0.05, 0) is 25.7 Å². The van der Waals surface area contributed by atoms with Gasteiger partial charge in [-0.15, -0.1) is 0 Å². The maximum atomic E-state index is 12.8. The molecule has 0 aromatic heterocycles. The van der Waals surface area contributed by atoms with Crippen molar-refractivity contribution in [1.29, 1.82) is 0 Å². The molecule has 0 radical (unpaired) electrons. The van der Waals surface area contributed by atoms with Gasteiger partial charge in [-0.25, -0.2) is 8.78 Å². The number of alkyl halides is 4. The van der Waals surface area contributed by atoms with Crippen LogP contribution in [0.25, 0.3) is 0 Å². The summed E-state index contributed by atoms with van der Waals surface area (Å²) in [6.45, 7) is -0.681. The molecule has 2 nitrogen and oxygen atoms in total.